The Kier molecular flexibility index (Phi) is 5.87. The van der Waals surface area contributed by atoms with E-state index in [1.165, 1.54) is 6.92 Å². The van der Waals surface area contributed by atoms with E-state index in [4.69, 9.17) is 9.47 Å². The number of amides is 1. The van der Waals surface area contributed by atoms with Crippen molar-refractivity contribution >= 4 is 5.91 Å². The molecule has 7 heteroatoms. The molecular formula is C15H21NO6. The van der Waals surface area contributed by atoms with Crippen molar-refractivity contribution in [3.63, 3.8) is 0 Å². The highest BCUT2D eigenvalue weighted by atomic mass is 16.7. The van der Waals surface area contributed by atoms with Crippen molar-refractivity contribution in [3.05, 3.63) is 35.9 Å². The van der Waals surface area contributed by atoms with Crippen LogP contribution in [0, 0.1) is 0 Å². The average Bonchev–Trinajstić information content (AvgIpc) is 2.52. The molecule has 1 saturated heterocycles. The molecule has 4 N–H and O–H groups in total. The second kappa shape index (κ2) is 7.66. The van der Waals surface area contributed by atoms with Crippen LogP contribution in [-0.2, 0) is 20.9 Å². The lowest BCUT2D eigenvalue weighted by atomic mass is 9.97. The third-order valence-electron chi connectivity index (χ3n) is 3.51. The highest BCUT2D eigenvalue weighted by molar-refractivity contribution is 5.73. The van der Waals surface area contributed by atoms with Crippen LogP contribution < -0.4 is 5.32 Å². The molecule has 0 aliphatic carbocycles. The number of aliphatic hydroxyl groups is 3. The molecule has 122 valence electrons. The molecular weight excluding hydrogens is 290 g/mol. The molecule has 2 rings (SSSR count). The summed E-state index contributed by atoms with van der Waals surface area (Å²) in [6, 6.07) is 8.42. The Morgan fingerprint density at radius 2 is 1.95 bits per heavy atom. The van der Waals surface area contributed by atoms with E-state index < -0.39 is 37.3 Å². The number of hydrogen-bond acceptors (Lipinski definition) is 6. The summed E-state index contributed by atoms with van der Waals surface area (Å²) in [5.41, 5.74) is 0.897. The van der Waals surface area contributed by atoms with Gasteiger partial charge in [-0.3, -0.25) is 4.79 Å². The fourth-order valence-corrected chi connectivity index (χ4v) is 2.37. The van der Waals surface area contributed by atoms with E-state index in [1.54, 1.807) is 0 Å². The SMILES string of the molecule is CC(=O)N[C@@H]1[C@@H](OCc2ccccc2)O[C@H](CO)[C@H](O)[C@@H]1O. The van der Waals surface area contributed by atoms with Gasteiger partial charge in [0.2, 0.25) is 5.91 Å². The highest BCUT2D eigenvalue weighted by Gasteiger charge is 2.45. The van der Waals surface area contributed by atoms with E-state index in [0.29, 0.717) is 0 Å². The molecule has 1 amide bonds. The molecule has 7 nitrogen and oxygen atoms in total. The van der Waals surface area contributed by atoms with Gasteiger partial charge in [0.1, 0.15) is 24.4 Å². The molecule has 1 aliphatic rings. The number of ether oxygens (including phenoxy) is 2. The molecule has 1 aliphatic heterocycles. The van der Waals surface area contributed by atoms with Crippen molar-refractivity contribution < 1.29 is 29.6 Å². The van der Waals surface area contributed by atoms with Gasteiger partial charge in [-0.25, -0.2) is 0 Å². The zero-order valence-corrected chi connectivity index (χ0v) is 12.3. The molecule has 0 aromatic heterocycles. The van der Waals surface area contributed by atoms with Crippen molar-refractivity contribution in [2.45, 2.75) is 44.2 Å². The van der Waals surface area contributed by atoms with Gasteiger partial charge in [-0.2, -0.15) is 0 Å². The van der Waals surface area contributed by atoms with Crippen LogP contribution in [-0.4, -0.2) is 58.5 Å². The molecule has 1 aromatic rings. The second-order valence-corrected chi connectivity index (χ2v) is 5.23. The van der Waals surface area contributed by atoms with Gasteiger partial charge in [0.15, 0.2) is 6.29 Å². The number of rotatable bonds is 5. The molecule has 1 fully saturated rings. The van der Waals surface area contributed by atoms with Crippen LogP contribution in [0.1, 0.15) is 12.5 Å². The van der Waals surface area contributed by atoms with E-state index in [0.717, 1.165) is 5.56 Å². The summed E-state index contributed by atoms with van der Waals surface area (Å²) in [5, 5.41) is 31.7. The van der Waals surface area contributed by atoms with Crippen LogP contribution in [0.15, 0.2) is 30.3 Å². The lowest BCUT2D eigenvalue weighted by Gasteiger charge is -2.42. The van der Waals surface area contributed by atoms with Crippen LogP contribution in [0.4, 0.5) is 0 Å². The maximum atomic E-state index is 11.3. The van der Waals surface area contributed by atoms with Crippen molar-refractivity contribution in [3.8, 4) is 0 Å². The highest BCUT2D eigenvalue weighted by Crippen LogP contribution is 2.23. The van der Waals surface area contributed by atoms with Crippen molar-refractivity contribution in [2.75, 3.05) is 6.61 Å². The van der Waals surface area contributed by atoms with Gasteiger partial charge in [-0.1, -0.05) is 30.3 Å². The molecule has 0 bridgehead atoms. The largest absolute Gasteiger partial charge is 0.394 e. The maximum Gasteiger partial charge on any atom is 0.217 e. The molecule has 5 atom stereocenters. The number of aliphatic hydroxyl groups excluding tert-OH is 3. The Morgan fingerprint density at radius 3 is 2.55 bits per heavy atom. The van der Waals surface area contributed by atoms with Crippen LogP contribution in [0.25, 0.3) is 0 Å². The van der Waals surface area contributed by atoms with Crippen molar-refractivity contribution in [2.24, 2.45) is 0 Å². The number of benzene rings is 1. The van der Waals surface area contributed by atoms with Gasteiger partial charge in [-0.15, -0.1) is 0 Å². The van der Waals surface area contributed by atoms with Gasteiger partial charge in [-0.05, 0) is 5.56 Å². The summed E-state index contributed by atoms with van der Waals surface area (Å²) in [6.45, 7) is 1.05. The fourth-order valence-electron chi connectivity index (χ4n) is 2.37. The zero-order valence-electron chi connectivity index (χ0n) is 12.3. The smallest absolute Gasteiger partial charge is 0.217 e. The fraction of sp³-hybridized carbons (Fsp3) is 0.533. The number of carbonyl (C=O) groups excluding carboxylic acids is 1. The second-order valence-electron chi connectivity index (χ2n) is 5.23. The Labute approximate surface area is 128 Å². The van der Waals surface area contributed by atoms with E-state index in [2.05, 4.69) is 5.32 Å². The normalized spacial score (nSPS) is 31.7. The van der Waals surface area contributed by atoms with Crippen LogP contribution >= 0.6 is 0 Å². The zero-order chi connectivity index (χ0) is 16.1. The Morgan fingerprint density at radius 1 is 1.27 bits per heavy atom. The summed E-state index contributed by atoms with van der Waals surface area (Å²) in [4.78, 5) is 11.3. The minimum absolute atomic E-state index is 0.211. The summed E-state index contributed by atoms with van der Waals surface area (Å²) in [5.74, 6) is -0.379. The number of hydrogen-bond donors (Lipinski definition) is 4. The van der Waals surface area contributed by atoms with Gasteiger partial charge in [0.05, 0.1) is 13.2 Å². The van der Waals surface area contributed by atoms with E-state index in [-0.39, 0.29) is 12.5 Å². The first kappa shape index (κ1) is 16.9. The van der Waals surface area contributed by atoms with E-state index in [9.17, 15) is 20.1 Å². The molecule has 0 radical (unpaired) electrons. The first-order valence-electron chi connectivity index (χ1n) is 7.08. The summed E-state index contributed by atoms with van der Waals surface area (Å²) in [7, 11) is 0. The van der Waals surface area contributed by atoms with Gasteiger partial charge in [0.25, 0.3) is 0 Å². The minimum atomic E-state index is -1.31. The first-order valence-corrected chi connectivity index (χ1v) is 7.08. The number of nitrogens with one attached hydrogen (secondary N) is 1. The molecule has 0 spiro atoms. The van der Waals surface area contributed by atoms with Crippen LogP contribution in [0.3, 0.4) is 0 Å². The van der Waals surface area contributed by atoms with Gasteiger partial charge < -0.3 is 30.1 Å². The standard InChI is InChI=1S/C15H21NO6/c1-9(18)16-12-14(20)13(19)11(7-17)22-15(12)21-8-10-5-3-2-4-6-10/h2-6,11-15,17,19-20H,7-8H2,1H3,(H,16,18)/t11-,12+,13+,14-,15+/m1/s1. The quantitative estimate of drug-likeness (QED) is 0.564. The third kappa shape index (κ3) is 4.02. The van der Waals surface area contributed by atoms with E-state index in [1.807, 2.05) is 30.3 Å². The van der Waals surface area contributed by atoms with Crippen molar-refractivity contribution in [1.29, 1.82) is 0 Å². The Hall–Kier alpha value is -1.51. The first-order chi connectivity index (χ1) is 10.5. The summed E-state index contributed by atoms with van der Waals surface area (Å²) in [6.07, 6.45) is -4.55. The predicted octanol–water partition coefficient (Wildman–Crippen LogP) is -0.853. The van der Waals surface area contributed by atoms with E-state index >= 15 is 0 Å². The monoisotopic (exact) mass is 311 g/mol. The lowest BCUT2D eigenvalue weighted by Crippen LogP contribution is -2.64. The van der Waals surface area contributed by atoms with Crippen molar-refractivity contribution in [1.82, 2.24) is 5.32 Å². The lowest BCUT2D eigenvalue weighted by molar-refractivity contribution is -0.273. The molecule has 1 heterocycles. The summed E-state index contributed by atoms with van der Waals surface area (Å²) < 4.78 is 11.1. The molecule has 0 unspecified atom stereocenters. The predicted molar refractivity (Wildman–Crippen MR) is 76.6 cm³/mol. The topological polar surface area (TPSA) is 108 Å². The summed E-state index contributed by atoms with van der Waals surface area (Å²) >= 11 is 0. The Balaban J connectivity index is 2.07. The molecule has 22 heavy (non-hydrogen) atoms. The maximum absolute atomic E-state index is 11.3. The molecule has 1 aromatic carbocycles. The van der Waals surface area contributed by atoms with Crippen LogP contribution in [0.5, 0.6) is 0 Å². The average molecular weight is 311 g/mol. The van der Waals surface area contributed by atoms with Gasteiger partial charge >= 0.3 is 0 Å². The molecule has 0 saturated carbocycles. The van der Waals surface area contributed by atoms with Crippen LogP contribution in [0.2, 0.25) is 0 Å². The minimum Gasteiger partial charge on any atom is -0.394 e. The Bertz CT molecular complexity index is 482. The third-order valence-corrected chi connectivity index (χ3v) is 3.51. The number of carbonyl (C=O) groups is 1. The van der Waals surface area contributed by atoms with Gasteiger partial charge in [0, 0.05) is 6.92 Å².